The number of thioether (sulfide) groups is 1. The van der Waals surface area contributed by atoms with Crippen molar-refractivity contribution >= 4 is 22.6 Å². The van der Waals surface area contributed by atoms with Crippen LogP contribution in [0.25, 0.3) is 4.91 Å². The molecule has 0 aliphatic heterocycles. The first-order chi connectivity index (χ1) is 8.00. The van der Waals surface area contributed by atoms with E-state index in [2.05, 4.69) is 6.58 Å². The van der Waals surface area contributed by atoms with E-state index >= 15 is 0 Å². The van der Waals surface area contributed by atoms with Crippen LogP contribution in [0.2, 0.25) is 0 Å². The topological polar surface area (TPSA) is 37.3 Å². The molecule has 2 nitrogen and oxygen atoms in total. The summed E-state index contributed by atoms with van der Waals surface area (Å²) in [5.74, 6) is -0.798. The normalized spacial score (nSPS) is 11.9. The molecule has 0 heterocycles. The molecule has 1 aromatic carbocycles. The molecule has 0 atom stereocenters. The number of rotatable bonds is 5. The molecule has 1 N–H and O–H groups in total. The fourth-order valence-electron chi connectivity index (χ4n) is 1.31. The lowest BCUT2D eigenvalue weighted by molar-refractivity contribution is -0.136. The Kier molecular flexibility index (Phi) is 5.04. The van der Waals surface area contributed by atoms with Crippen molar-refractivity contribution in [3.63, 3.8) is 0 Å². The highest BCUT2D eigenvalue weighted by molar-refractivity contribution is 8.11. The van der Waals surface area contributed by atoms with Crippen molar-refractivity contribution in [1.82, 2.24) is 0 Å². The number of carboxylic acid groups (broad SMARTS) is 1. The van der Waals surface area contributed by atoms with Crippen molar-refractivity contribution in [3.8, 4) is 0 Å². The molecule has 0 aliphatic carbocycles. The second-order valence-electron chi connectivity index (χ2n) is 3.80. The third-order valence-corrected chi connectivity index (χ3v) is 3.53. The minimum absolute atomic E-state index is 0.0842. The predicted octanol–water partition coefficient (Wildman–Crippen LogP) is 4.16. The van der Waals surface area contributed by atoms with E-state index in [9.17, 15) is 4.79 Å². The molecule has 0 saturated carbocycles. The van der Waals surface area contributed by atoms with Crippen molar-refractivity contribution in [2.75, 3.05) is 0 Å². The Morgan fingerprint density at radius 1 is 1.29 bits per heavy atom. The number of aliphatic carboxylic acids is 1. The summed E-state index contributed by atoms with van der Waals surface area (Å²) in [5.41, 5.74) is 1.94. The van der Waals surface area contributed by atoms with E-state index in [4.69, 9.17) is 5.11 Å². The van der Waals surface area contributed by atoms with Gasteiger partial charge in [-0.3, -0.25) is 4.79 Å². The van der Waals surface area contributed by atoms with Gasteiger partial charge in [0.1, 0.15) is 0 Å². The minimum Gasteiger partial charge on any atom is -0.481 e. The molecule has 1 aromatic rings. The average Bonchev–Trinajstić information content (AvgIpc) is 2.29. The highest BCUT2D eigenvalue weighted by Crippen LogP contribution is 2.33. The van der Waals surface area contributed by atoms with Crippen molar-refractivity contribution in [2.45, 2.75) is 20.3 Å². The molecule has 0 aromatic heterocycles. The Balaban J connectivity index is 2.72. The van der Waals surface area contributed by atoms with Gasteiger partial charge in [0.25, 0.3) is 0 Å². The zero-order chi connectivity index (χ0) is 12.8. The lowest BCUT2D eigenvalue weighted by Gasteiger charge is -2.08. The molecule has 0 bridgehead atoms. The second-order valence-corrected chi connectivity index (χ2v) is 5.11. The average molecular weight is 248 g/mol. The first kappa shape index (κ1) is 13.6. The molecule has 0 amide bonds. The van der Waals surface area contributed by atoms with E-state index in [1.807, 2.05) is 44.2 Å². The number of hydrogen-bond acceptors (Lipinski definition) is 2. The maximum atomic E-state index is 10.6. The summed E-state index contributed by atoms with van der Waals surface area (Å²) in [6.45, 7) is 7.78. The maximum Gasteiger partial charge on any atom is 0.307 e. The van der Waals surface area contributed by atoms with E-state index in [0.717, 1.165) is 20.9 Å². The standard InChI is InChI=1S/C14H16O2S/c1-10(9-14(15)16)11(2)17-12(3)13-7-5-4-6-8-13/h4-8H,3,9H2,1-2H3,(H,15,16)/b11-10+. The van der Waals surface area contributed by atoms with E-state index in [1.54, 1.807) is 0 Å². The van der Waals surface area contributed by atoms with Gasteiger partial charge in [-0.2, -0.15) is 0 Å². The zero-order valence-corrected chi connectivity index (χ0v) is 10.9. The lowest BCUT2D eigenvalue weighted by atomic mass is 10.2. The number of allylic oxidation sites excluding steroid dienone is 1. The van der Waals surface area contributed by atoms with Crippen LogP contribution in [0.15, 0.2) is 47.4 Å². The molecule has 0 aliphatic rings. The number of carboxylic acids is 1. The fourth-order valence-corrected chi connectivity index (χ4v) is 2.18. The predicted molar refractivity (Wildman–Crippen MR) is 73.7 cm³/mol. The molecular formula is C14H16O2S. The summed E-state index contributed by atoms with van der Waals surface area (Å²) < 4.78 is 0. The SMILES string of the molecule is C=C(S/C(C)=C(\C)CC(=O)O)c1ccccc1. The second kappa shape index (κ2) is 6.30. The van der Waals surface area contributed by atoms with Crippen molar-refractivity contribution in [3.05, 3.63) is 53.0 Å². The summed E-state index contributed by atoms with van der Waals surface area (Å²) in [6, 6.07) is 9.87. The van der Waals surface area contributed by atoms with Crippen LogP contribution in [0.4, 0.5) is 0 Å². The minimum atomic E-state index is -0.798. The Hall–Kier alpha value is -1.48. The smallest absolute Gasteiger partial charge is 0.307 e. The first-order valence-electron chi connectivity index (χ1n) is 5.31. The summed E-state index contributed by atoms with van der Waals surface area (Å²) in [4.78, 5) is 12.5. The number of benzene rings is 1. The molecule has 3 heteroatoms. The molecule has 0 saturated heterocycles. The van der Waals surface area contributed by atoms with Gasteiger partial charge < -0.3 is 5.11 Å². The fraction of sp³-hybridized carbons (Fsp3) is 0.214. The van der Waals surface area contributed by atoms with Crippen LogP contribution in [-0.2, 0) is 4.79 Å². The molecule has 1 rings (SSSR count). The Morgan fingerprint density at radius 2 is 1.88 bits per heavy atom. The van der Waals surface area contributed by atoms with Crippen molar-refractivity contribution < 1.29 is 9.90 Å². The zero-order valence-electron chi connectivity index (χ0n) is 10.1. The van der Waals surface area contributed by atoms with Crippen LogP contribution in [0, 0.1) is 0 Å². The van der Waals surface area contributed by atoms with Gasteiger partial charge in [0, 0.05) is 4.91 Å². The van der Waals surface area contributed by atoms with Gasteiger partial charge in [-0.05, 0) is 24.3 Å². The van der Waals surface area contributed by atoms with Gasteiger partial charge in [0.2, 0.25) is 0 Å². The molecule has 0 spiro atoms. The van der Waals surface area contributed by atoms with Gasteiger partial charge in [0.05, 0.1) is 6.42 Å². The van der Waals surface area contributed by atoms with E-state index in [0.29, 0.717) is 0 Å². The molecular weight excluding hydrogens is 232 g/mol. The molecule has 0 unspecified atom stereocenters. The third-order valence-electron chi connectivity index (χ3n) is 2.39. The monoisotopic (exact) mass is 248 g/mol. The van der Waals surface area contributed by atoms with Crippen LogP contribution in [-0.4, -0.2) is 11.1 Å². The van der Waals surface area contributed by atoms with Crippen LogP contribution < -0.4 is 0 Å². The highest BCUT2D eigenvalue weighted by atomic mass is 32.2. The molecule has 0 fully saturated rings. The lowest BCUT2D eigenvalue weighted by Crippen LogP contribution is -1.96. The maximum absolute atomic E-state index is 10.6. The van der Waals surface area contributed by atoms with Gasteiger partial charge in [-0.15, -0.1) is 0 Å². The molecule has 17 heavy (non-hydrogen) atoms. The van der Waals surface area contributed by atoms with Crippen LogP contribution in [0.5, 0.6) is 0 Å². The summed E-state index contributed by atoms with van der Waals surface area (Å²) in [6.07, 6.45) is 0.0842. The number of hydrogen-bond donors (Lipinski definition) is 1. The largest absolute Gasteiger partial charge is 0.481 e. The van der Waals surface area contributed by atoms with Gasteiger partial charge in [0.15, 0.2) is 0 Å². The molecule has 90 valence electrons. The van der Waals surface area contributed by atoms with Crippen molar-refractivity contribution in [1.29, 1.82) is 0 Å². The van der Waals surface area contributed by atoms with Gasteiger partial charge in [-0.1, -0.05) is 54.2 Å². The molecule has 0 radical (unpaired) electrons. The van der Waals surface area contributed by atoms with E-state index in [-0.39, 0.29) is 6.42 Å². The van der Waals surface area contributed by atoms with Crippen molar-refractivity contribution in [2.24, 2.45) is 0 Å². The van der Waals surface area contributed by atoms with E-state index < -0.39 is 5.97 Å². The first-order valence-corrected chi connectivity index (χ1v) is 6.12. The highest BCUT2D eigenvalue weighted by Gasteiger charge is 2.06. The summed E-state index contributed by atoms with van der Waals surface area (Å²) in [7, 11) is 0. The van der Waals surface area contributed by atoms with E-state index in [1.165, 1.54) is 11.8 Å². The van der Waals surface area contributed by atoms with Gasteiger partial charge in [-0.25, -0.2) is 0 Å². The van der Waals surface area contributed by atoms with Crippen LogP contribution >= 0.6 is 11.8 Å². The van der Waals surface area contributed by atoms with Crippen LogP contribution in [0.1, 0.15) is 25.8 Å². The van der Waals surface area contributed by atoms with Crippen LogP contribution in [0.3, 0.4) is 0 Å². The summed E-state index contributed by atoms with van der Waals surface area (Å²) >= 11 is 1.52. The Bertz CT molecular complexity index is 447. The third kappa shape index (κ3) is 4.49. The quantitative estimate of drug-likeness (QED) is 0.850. The van der Waals surface area contributed by atoms with Gasteiger partial charge >= 0.3 is 5.97 Å². The Morgan fingerprint density at radius 3 is 2.41 bits per heavy atom. The Labute approximate surface area is 106 Å². The number of carbonyl (C=O) groups is 1. The summed E-state index contributed by atoms with van der Waals surface area (Å²) in [5, 5.41) is 8.72.